The smallest absolute Gasteiger partial charge is 0.240 e. The van der Waals surface area contributed by atoms with Crippen LogP contribution in [0.3, 0.4) is 0 Å². The van der Waals surface area contributed by atoms with Gasteiger partial charge in [-0.3, -0.25) is 4.90 Å². The third-order valence-electron chi connectivity index (χ3n) is 4.28. The quantitative estimate of drug-likeness (QED) is 0.844. The Labute approximate surface area is 137 Å². The molecule has 1 saturated heterocycles. The van der Waals surface area contributed by atoms with Gasteiger partial charge in [0.2, 0.25) is 5.89 Å². The highest BCUT2D eigenvalue weighted by atomic mass is 16.5. The predicted molar refractivity (Wildman–Crippen MR) is 89.4 cm³/mol. The molecule has 1 aliphatic heterocycles. The van der Waals surface area contributed by atoms with Crippen molar-refractivity contribution in [1.82, 2.24) is 20.0 Å². The van der Waals surface area contributed by atoms with Crippen LogP contribution >= 0.6 is 0 Å². The molecule has 0 spiro atoms. The van der Waals surface area contributed by atoms with Gasteiger partial charge in [0.15, 0.2) is 5.82 Å². The lowest BCUT2D eigenvalue weighted by Gasteiger charge is -2.39. The molecule has 1 aliphatic rings. The Morgan fingerprint density at radius 3 is 2.87 bits per heavy atom. The maximum absolute atomic E-state index is 5.37. The first kappa shape index (κ1) is 15.9. The summed E-state index contributed by atoms with van der Waals surface area (Å²) in [7, 11) is 0. The van der Waals surface area contributed by atoms with Gasteiger partial charge in [-0.2, -0.15) is 4.98 Å². The minimum Gasteiger partial charge on any atom is -0.354 e. The highest BCUT2D eigenvalue weighted by Gasteiger charge is 2.26. The van der Waals surface area contributed by atoms with Gasteiger partial charge in [-0.15, -0.1) is 0 Å². The van der Waals surface area contributed by atoms with E-state index >= 15 is 0 Å². The Hall–Kier alpha value is -1.95. The van der Waals surface area contributed by atoms with Gasteiger partial charge in [-0.1, -0.05) is 18.1 Å². The van der Waals surface area contributed by atoms with Crippen molar-refractivity contribution in [3.05, 3.63) is 35.6 Å². The highest BCUT2D eigenvalue weighted by molar-refractivity contribution is 5.40. The molecule has 0 N–H and O–H groups in total. The van der Waals surface area contributed by atoms with E-state index in [-0.39, 0.29) is 0 Å². The first-order chi connectivity index (χ1) is 11.2. The number of nitrogens with zero attached hydrogens (tertiary/aromatic N) is 5. The summed E-state index contributed by atoms with van der Waals surface area (Å²) in [6.45, 7) is 10.0. The first-order valence-electron chi connectivity index (χ1n) is 8.40. The molecule has 3 rings (SSSR count). The third kappa shape index (κ3) is 3.88. The topological polar surface area (TPSA) is 58.3 Å². The average Bonchev–Trinajstić information content (AvgIpc) is 2.97. The molecule has 0 saturated carbocycles. The van der Waals surface area contributed by atoms with Gasteiger partial charge < -0.3 is 9.42 Å². The van der Waals surface area contributed by atoms with Crippen LogP contribution in [0.25, 0.3) is 0 Å². The van der Waals surface area contributed by atoms with Crippen LogP contribution in [0.2, 0.25) is 0 Å². The number of aromatic nitrogens is 3. The van der Waals surface area contributed by atoms with E-state index in [9.17, 15) is 0 Å². The van der Waals surface area contributed by atoms with E-state index in [4.69, 9.17) is 4.52 Å². The van der Waals surface area contributed by atoms with E-state index in [0.29, 0.717) is 6.04 Å². The molecule has 0 aromatic carbocycles. The lowest BCUT2D eigenvalue weighted by Crippen LogP contribution is -2.51. The SMILES string of the molecule is CCCc1noc(CN2CCN(c3cccc(C)n3)C[C@@H]2C)n1. The van der Waals surface area contributed by atoms with E-state index < -0.39 is 0 Å². The summed E-state index contributed by atoms with van der Waals surface area (Å²) in [5.74, 6) is 2.61. The molecule has 2 aromatic rings. The normalized spacial score (nSPS) is 19.3. The molecule has 6 nitrogen and oxygen atoms in total. The predicted octanol–water partition coefficient (Wildman–Crippen LogP) is 2.44. The number of piperazine rings is 1. The molecule has 124 valence electrons. The minimum absolute atomic E-state index is 0.424. The van der Waals surface area contributed by atoms with Gasteiger partial charge in [0.1, 0.15) is 5.82 Å². The van der Waals surface area contributed by atoms with Crippen LogP contribution in [0.15, 0.2) is 22.7 Å². The number of pyridine rings is 1. The minimum atomic E-state index is 0.424. The lowest BCUT2D eigenvalue weighted by atomic mass is 10.2. The van der Waals surface area contributed by atoms with E-state index in [1.165, 1.54) is 0 Å². The molecule has 1 atom stereocenters. The summed E-state index contributed by atoms with van der Waals surface area (Å²) in [6, 6.07) is 6.62. The van der Waals surface area contributed by atoms with Crippen molar-refractivity contribution in [2.75, 3.05) is 24.5 Å². The van der Waals surface area contributed by atoms with Crippen LogP contribution in [0, 0.1) is 6.92 Å². The van der Waals surface area contributed by atoms with Crippen molar-refractivity contribution >= 4 is 5.82 Å². The van der Waals surface area contributed by atoms with Crippen molar-refractivity contribution in [1.29, 1.82) is 0 Å². The summed E-state index contributed by atoms with van der Waals surface area (Å²) in [4.78, 5) is 13.9. The van der Waals surface area contributed by atoms with Crippen molar-refractivity contribution in [3.63, 3.8) is 0 Å². The summed E-state index contributed by atoms with van der Waals surface area (Å²) in [5, 5.41) is 4.04. The summed E-state index contributed by atoms with van der Waals surface area (Å²) in [6.07, 6.45) is 1.92. The van der Waals surface area contributed by atoms with Crippen LogP contribution in [0.5, 0.6) is 0 Å². The standard InChI is InChI=1S/C17H25N5O/c1-4-6-15-19-17(23-20-15)12-21-9-10-22(11-14(21)3)16-8-5-7-13(2)18-16/h5,7-8,14H,4,6,9-12H2,1-3H3/t14-/m0/s1. The summed E-state index contributed by atoms with van der Waals surface area (Å²) >= 11 is 0. The van der Waals surface area contributed by atoms with Crippen LogP contribution in [-0.4, -0.2) is 45.7 Å². The number of hydrogen-bond donors (Lipinski definition) is 0. The molecule has 0 unspecified atom stereocenters. The zero-order chi connectivity index (χ0) is 16.2. The zero-order valence-electron chi connectivity index (χ0n) is 14.2. The van der Waals surface area contributed by atoms with E-state index in [1.807, 2.05) is 13.0 Å². The Balaban J connectivity index is 1.60. The van der Waals surface area contributed by atoms with Gasteiger partial charge in [0.05, 0.1) is 6.54 Å². The van der Waals surface area contributed by atoms with E-state index in [1.54, 1.807) is 0 Å². The van der Waals surface area contributed by atoms with Gasteiger partial charge in [0.25, 0.3) is 0 Å². The molecule has 3 heterocycles. The molecule has 0 bridgehead atoms. The first-order valence-corrected chi connectivity index (χ1v) is 8.40. The maximum Gasteiger partial charge on any atom is 0.240 e. The Bertz CT molecular complexity index is 641. The van der Waals surface area contributed by atoms with Gasteiger partial charge in [0, 0.05) is 37.8 Å². The van der Waals surface area contributed by atoms with Gasteiger partial charge >= 0.3 is 0 Å². The van der Waals surface area contributed by atoms with Crippen LogP contribution < -0.4 is 4.90 Å². The number of anilines is 1. The average molecular weight is 315 g/mol. The number of hydrogen-bond acceptors (Lipinski definition) is 6. The van der Waals surface area contributed by atoms with Gasteiger partial charge in [-0.25, -0.2) is 4.98 Å². The molecular weight excluding hydrogens is 290 g/mol. The fourth-order valence-corrected chi connectivity index (χ4v) is 3.00. The van der Waals surface area contributed by atoms with Crippen molar-refractivity contribution in [2.45, 2.75) is 46.2 Å². The Kier molecular flexibility index (Phi) is 4.91. The second-order valence-electron chi connectivity index (χ2n) is 6.26. The summed E-state index contributed by atoms with van der Waals surface area (Å²) < 4.78 is 5.37. The summed E-state index contributed by atoms with van der Waals surface area (Å²) in [5.41, 5.74) is 1.06. The number of rotatable bonds is 5. The lowest BCUT2D eigenvalue weighted by molar-refractivity contribution is 0.159. The van der Waals surface area contributed by atoms with Crippen molar-refractivity contribution in [2.24, 2.45) is 0 Å². The maximum atomic E-state index is 5.37. The van der Waals surface area contributed by atoms with Gasteiger partial charge in [-0.05, 0) is 32.4 Å². The zero-order valence-corrected chi connectivity index (χ0v) is 14.2. The third-order valence-corrected chi connectivity index (χ3v) is 4.28. The fourth-order valence-electron chi connectivity index (χ4n) is 3.00. The van der Waals surface area contributed by atoms with Crippen molar-refractivity contribution in [3.8, 4) is 0 Å². The molecular formula is C17H25N5O. The highest BCUT2D eigenvalue weighted by Crippen LogP contribution is 2.19. The number of aryl methyl sites for hydroxylation is 2. The molecule has 0 amide bonds. The second kappa shape index (κ2) is 7.08. The molecule has 2 aromatic heterocycles. The monoisotopic (exact) mass is 315 g/mol. The Morgan fingerprint density at radius 2 is 2.13 bits per heavy atom. The van der Waals surface area contributed by atoms with Crippen LogP contribution in [0.4, 0.5) is 5.82 Å². The van der Waals surface area contributed by atoms with Crippen LogP contribution in [-0.2, 0) is 13.0 Å². The molecule has 0 radical (unpaired) electrons. The molecule has 6 heteroatoms. The Morgan fingerprint density at radius 1 is 1.26 bits per heavy atom. The molecule has 0 aliphatic carbocycles. The van der Waals surface area contributed by atoms with Crippen LogP contribution in [0.1, 0.15) is 37.7 Å². The van der Waals surface area contributed by atoms with E-state index in [0.717, 1.165) is 62.2 Å². The largest absolute Gasteiger partial charge is 0.354 e. The molecule has 23 heavy (non-hydrogen) atoms. The van der Waals surface area contributed by atoms with E-state index in [2.05, 4.69) is 50.9 Å². The molecule has 1 fully saturated rings. The second-order valence-corrected chi connectivity index (χ2v) is 6.26. The fraction of sp³-hybridized carbons (Fsp3) is 0.588. The van der Waals surface area contributed by atoms with Crippen molar-refractivity contribution < 1.29 is 4.52 Å².